The minimum absolute atomic E-state index is 0.232. The van der Waals surface area contributed by atoms with Crippen LogP contribution in [0.2, 0.25) is 0 Å². The fraction of sp³-hybridized carbons (Fsp3) is 0.357. The van der Waals surface area contributed by atoms with Gasteiger partial charge in [0.15, 0.2) is 5.11 Å². The molecular formula is C14H16N4OS. The fourth-order valence-corrected chi connectivity index (χ4v) is 3.04. The van der Waals surface area contributed by atoms with E-state index in [1.54, 1.807) is 24.5 Å². The molecule has 2 aliphatic carbocycles. The van der Waals surface area contributed by atoms with Gasteiger partial charge in [-0.2, -0.15) is 0 Å². The van der Waals surface area contributed by atoms with Gasteiger partial charge in [0, 0.05) is 24.0 Å². The molecule has 3 atom stereocenters. The van der Waals surface area contributed by atoms with Gasteiger partial charge in [0.25, 0.3) is 5.91 Å². The molecule has 1 aromatic heterocycles. The Morgan fingerprint density at radius 3 is 2.65 bits per heavy atom. The summed E-state index contributed by atoms with van der Waals surface area (Å²) in [6, 6.07) is 3.67. The smallest absolute Gasteiger partial charge is 0.269 e. The first-order valence-electron chi connectivity index (χ1n) is 6.67. The van der Waals surface area contributed by atoms with Gasteiger partial charge in [-0.3, -0.25) is 20.6 Å². The predicted molar refractivity (Wildman–Crippen MR) is 79.7 cm³/mol. The number of hydrogen-bond acceptors (Lipinski definition) is 3. The molecule has 104 valence electrons. The zero-order valence-corrected chi connectivity index (χ0v) is 11.7. The molecule has 6 heteroatoms. The van der Waals surface area contributed by atoms with Crippen molar-refractivity contribution in [1.29, 1.82) is 0 Å². The summed E-state index contributed by atoms with van der Waals surface area (Å²) in [5, 5.41) is 3.72. The summed E-state index contributed by atoms with van der Waals surface area (Å²) in [7, 11) is 0. The topological polar surface area (TPSA) is 66.1 Å². The highest BCUT2D eigenvalue weighted by Gasteiger charge is 2.35. The first kappa shape index (κ1) is 13.1. The Kier molecular flexibility index (Phi) is 3.64. The Balaban J connectivity index is 1.46. The van der Waals surface area contributed by atoms with Crippen LogP contribution in [0.3, 0.4) is 0 Å². The number of nitrogens with one attached hydrogen (secondary N) is 3. The molecule has 3 N–H and O–H groups in total. The van der Waals surface area contributed by atoms with Gasteiger partial charge in [-0.25, -0.2) is 0 Å². The molecule has 2 aliphatic rings. The van der Waals surface area contributed by atoms with Crippen molar-refractivity contribution in [3.8, 4) is 0 Å². The number of nitrogens with zero attached hydrogens (tertiary/aromatic N) is 1. The predicted octanol–water partition coefficient (Wildman–Crippen LogP) is 1.16. The summed E-state index contributed by atoms with van der Waals surface area (Å²) < 4.78 is 0. The van der Waals surface area contributed by atoms with E-state index in [1.807, 2.05) is 0 Å². The van der Waals surface area contributed by atoms with Crippen molar-refractivity contribution >= 4 is 23.2 Å². The van der Waals surface area contributed by atoms with Crippen molar-refractivity contribution in [2.45, 2.75) is 18.9 Å². The van der Waals surface area contributed by atoms with Crippen LogP contribution in [0.4, 0.5) is 0 Å². The number of carbonyl (C=O) groups is 1. The SMILES string of the molecule is O=C(NNC(=S)N[C@H]1C[C@H]2C=C[C@@H]1C2)c1ccncc1. The maximum atomic E-state index is 11.8. The Bertz CT molecular complexity index is 545. The quantitative estimate of drug-likeness (QED) is 0.433. The Morgan fingerprint density at radius 1 is 1.20 bits per heavy atom. The summed E-state index contributed by atoms with van der Waals surface area (Å²) in [5.74, 6) is 1.02. The van der Waals surface area contributed by atoms with Crippen LogP contribution in [-0.2, 0) is 0 Å². The van der Waals surface area contributed by atoms with Gasteiger partial charge in [0.05, 0.1) is 0 Å². The minimum Gasteiger partial charge on any atom is -0.358 e. The van der Waals surface area contributed by atoms with Crippen molar-refractivity contribution in [3.05, 3.63) is 42.2 Å². The van der Waals surface area contributed by atoms with Crippen LogP contribution in [0, 0.1) is 11.8 Å². The second-order valence-corrected chi connectivity index (χ2v) is 5.58. The third-order valence-corrected chi connectivity index (χ3v) is 4.05. The summed E-state index contributed by atoms with van der Waals surface area (Å²) >= 11 is 5.20. The van der Waals surface area contributed by atoms with E-state index in [2.05, 4.69) is 33.3 Å². The first-order valence-corrected chi connectivity index (χ1v) is 7.08. The van der Waals surface area contributed by atoms with E-state index < -0.39 is 0 Å². The van der Waals surface area contributed by atoms with Gasteiger partial charge in [-0.05, 0) is 49.0 Å². The van der Waals surface area contributed by atoms with Gasteiger partial charge in [-0.1, -0.05) is 12.2 Å². The summed E-state index contributed by atoms with van der Waals surface area (Å²) in [6.45, 7) is 0. The number of allylic oxidation sites excluding steroid dienone is 1. The second kappa shape index (κ2) is 5.58. The van der Waals surface area contributed by atoms with E-state index in [-0.39, 0.29) is 5.91 Å². The zero-order chi connectivity index (χ0) is 13.9. The maximum absolute atomic E-state index is 11.8. The number of thiocarbonyl (C=S) groups is 1. The normalized spacial score (nSPS) is 26.3. The van der Waals surface area contributed by atoms with Gasteiger partial charge < -0.3 is 5.32 Å². The zero-order valence-electron chi connectivity index (χ0n) is 10.9. The first-order chi connectivity index (χ1) is 9.72. The van der Waals surface area contributed by atoms with Crippen molar-refractivity contribution in [2.75, 3.05) is 0 Å². The van der Waals surface area contributed by atoms with Gasteiger partial charge in [0.2, 0.25) is 0 Å². The van der Waals surface area contributed by atoms with Crippen LogP contribution in [0.5, 0.6) is 0 Å². The van der Waals surface area contributed by atoms with E-state index in [0.717, 1.165) is 6.42 Å². The lowest BCUT2D eigenvalue weighted by molar-refractivity contribution is 0.0943. The van der Waals surface area contributed by atoms with Gasteiger partial charge in [0.1, 0.15) is 0 Å². The maximum Gasteiger partial charge on any atom is 0.269 e. The van der Waals surface area contributed by atoms with Crippen LogP contribution in [0.15, 0.2) is 36.7 Å². The van der Waals surface area contributed by atoms with E-state index in [1.165, 1.54) is 6.42 Å². The van der Waals surface area contributed by atoms with E-state index in [9.17, 15) is 4.79 Å². The van der Waals surface area contributed by atoms with E-state index in [0.29, 0.717) is 28.6 Å². The third-order valence-electron chi connectivity index (χ3n) is 3.83. The Labute approximate surface area is 122 Å². The van der Waals surface area contributed by atoms with Crippen molar-refractivity contribution < 1.29 is 4.79 Å². The average Bonchev–Trinajstić information content (AvgIpc) is 3.08. The molecule has 0 saturated heterocycles. The molecule has 20 heavy (non-hydrogen) atoms. The molecule has 0 radical (unpaired) electrons. The van der Waals surface area contributed by atoms with Crippen LogP contribution < -0.4 is 16.2 Å². The highest BCUT2D eigenvalue weighted by atomic mass is 32.1. The minimum atomic E-state index is -0.232. The highest BCUT2D eigenvalue weighted by molar-refractivity contribution is 7.80. The molecule has 0 aromatic carbocycles. The molecule has 3 rings (SSSR count). The standard InChI is InChI=1S/C14H16N4OS/c19-13(10-3-5-15-6-4-10)17-18-14(20)16-12-8-9-1-2-11(12)7-9/h1-6,9,11-12H,7-8H2,(H,17,19)(H2,16,18,20)/t9-,11+,12-/m0/s1. The van der Waals surface area contributed by atoms with Crippen molar-refractivity contribution in [1.82, 2.24) is 21.2 Å². The van der Waals surface area contributed by atoms with Crippen molar-refractivity contribution in [3.63, 3.8) is 0 Å². The number of fused-ring (bicyclic) bond motifs is 2. The van der Waals surface area contributed by atoms with Gasteiger partial charge >= 0.3 is 0 Å². The average molecular weight is 288 g/mol. The number of pyridine rings is 1. The molecule has 0 aliphatic heterocycles. The highest BCUT2D eigenvalue weighted by Crippen LogP contribution is 2.38. The monoisotopic (exact) mass is 288 g/mol. The summed E-state index contributed by atoms with van der Waals surface area (Å²) in [4.78, 5) is 15.7. The van der Waals surface area contributed by atoms with Crippen LogP contribution >= 0.6 is 12.2 Å². The molecule has 5 nitrogen and oxygen atoms in total. The molecular weight excluding hydrogens is 272 g/mol. The number of hydrazine groups is 1. The number of carbonyl (C=O) groups excluding carboxylic acids is 1. The number of aromatic nitrogens is 1. The van der Waals surface area contributed by atoms with E-state index in [4.69, 9.17) is 12.2 Å². The van der Waals surface area contributed by atoms with Gasteiger partial charge in [-0.15, -0.1) is 0 Å². The third kappa shape index (κ3) is 2.80. The number of amides is 1. The molecule has 1 amide bonds. The lowest BCUT2D eigenvalue weighted by Gasteiger charge is -2.21. The van der Waals surface area contributed by atoms with E-state index >= 15 is 0 Å². The molecule has 1 saturated carbocycles. The van der Waals surface area contributed by atoms with Crippen LogP contribution in [-0.4, -0.2) is 22.0 Å². The number of rotatable bonds is 2. The lowest BCUT2D eigenvalue weighted by Crippen LogP contribution is -2.50. The van der Waals surface area contributed by atoms with Crippen LogP contribution in [0.1, 0.15) is 23.2 Å². The Morgan fingerprint density at radius 2 is 2.00 bits per heavy atom. The largest absolute Gasteiger partial charge is 0.358 e. The molecule has 0 spiro atoms. The fourth-order valence-electron chi connectivity index (χ4n) is 2.84. The van der Waals surface area contributed by atoms with Crippen LogP contribution in [0.25, 0.3) is 0 Å². The number of hydrogen-bond donors (Lipinski definition) is 3. The Hall–Kier alpha value is -1.95. The second-order valence-electron chi connectivity index (χ2n) is 5.18. The molecule has 1 fully saturated rings. The summed E-state index contributed by atoms with van der Waals surface area (Å²) in [5.41, 5.74) is 5.86. The molecule has 1 aromatic rings. The molecule has 1 heterocycles. The molecule has 2 bridgehead atoms. The molecule has 0 unspecified atom stereocenters. The lowest BCUT2D eigenvalue weighted by atomic mass is 10.0. The van der Waals surface area contributed by atoms with Crippen molar-refractivity contribution in [2.24, 2.45) is 11.8 Å². The summed E-state index contributed by atoms with van der Waals surface area (Å²) in [6.07, 6.45) is 10.0.